The van der Waals surface area contributed by atoms with Gasteiger partial charge in [0.15, 0.2) is 5.96 Å². The minimum absolute atomic E-state index is 0. The van der Waals surface area contributed by atoms with Crippen LogP contribution in [0.25, 0.3) is 0 Å². The molecule has 0 bridgehead atoms. The number of halogens is 1. The number of hydrogen-bond acceptors (Lipinski definition) is 5. The smallest absolute Gasteiger partial charge is 0.191 e. The highest BCUT2D eigenvalue weighted by atomic mass is 127. The van der Waals surface area contributed by atoms with Crippen LogP contribution in [-0.4, -0.2) is 89.8 Å². The predicted molar refractivity (Wildman–Crippen MR) is 111 cm³/mol. The summed E-state index contributed by atoms with van der Waals surface area (Å²) in [6, 6.07) is 0.475. The van der Waals surface area contributed by atoms with Crippen molar-refractivity contribution in [1.29, 1.82) is 0 Å². The maximum atomic E-state index is 5.77. The van der Waals surface area contributed by atoms with Gasteiger partial charge in [-0.1, -0.05) is 0 Å². The number of methoxy groups -OCH3 is 2. The molecule has 0 aromatic heterocycles. The Morgan fingerprint density at radius 3 is 2.48 bits per heavy atom. The number of ether oxygens (including phenoxy) is 3. The Bertz CT molecular complexity index is 384. The lowest BCUT2D eigenvalue weighted by Gasteiger charge is -2.37. The van der Waals surface area contributed by atoms with E-state index in [0.717, 1.165) is 77.6 Å². The van der Waals surface area contributed by atoms with E-state index in [2.05, 4.69) is 20.5 Å². The van der Waals surface area contributed by atoms with Gasteiger partial charge in [0, 0.05) is 79.5 Å². The Morgan fingerprint density at radius 2 is 1.92 bits per heavy atom. The highest BCUT2D eigenvalue weighted by Crippen LogP contribution is 2.23. The van der Waals surface area contributed by atoms with Crippen LogP contribution in [-0.2, 0) is 14.2 Å². The van der Waals surface area contributed by atoms with E-state index in [1.165, 1.54) is 0 Å². The molecule has 0 spiro atoms. The molecule has 0 atom stereocenters. The fourth-order valence-electron chi connectivity index (χ4n) is 3.35. The third-order valence-electron chi connectivity index (χ3n) is 5.18. The second-order valence-corrected chi connectivity index (χ2v) is 6.68. The van der Waals surface area contributed by atoms with E-state index in [-0.39, 0.29) is 29.6 Å². The summed E-state index contributed by atoms with van der Waals surface area (Å²) in [4.78, 5) is 6.83. The van der Waals surface area contributed by atoms with Crippen LogP contribution in [0.15, 0.2) is 4.99 Å². The summed E-state index contributed by atoms with van der Waals surface area (Å²) >= 11 is 0. The van der Waals surface area contributed by atoms with Crippen LogP contribution >= 0.6 is 24.0 Å². The molecule has 2 N–H and O–H groups in total. The van der Waals surface area contributed by atoms with Crippen molar-refractivity contribution >= 4 is 29.9 Å². The van der Waals surface area contributed by atoms with Gasteiger partial charge in [-0.05, 0) is 12.8 Å². The van der Waals surface area contributed by atoms with Gasteiger partial charge in [-0.25, -0.2) is 0 Å². The first-order chi connectivity index (χ1) is 11.7. The lowest BCUT2D eigenvalue weighted by Crippen LogP contribution is -2.53. The molecule has 0 radical (unpaired) electrons. The van der Waals surface area contributed by atoms with Gasteiger partial charge in [0.1, 0.15) is 0 Å². The SMILES string of the molecule is CN=C(NCC1(OC)CCOCC1)NC1CCN(CCOC)CC1.I. The van der Waals surface area contributed by atoms with Crippen molar-refractivity contribution in [2.45, 2.75) is 37.3 Å². The van der Waals surface area contributed by atoms with Gasteiger partial charge in [-0.15, -0.1) is 24.0 Å². The van der Waals surface area contributed by atoms with Crippen molar-refractivity contribution in [1.82, 2.24) is 15.5 Å². The van der Waals surface area contributed by atoms with Gasteiger partial charge in [-0.3, -0.25) is 4.99 Å². The van der Waals surface area contributed by atoms with Crippen LogP contribution in [0.5, 0.6) is 0 Å². The van der Waals surface area contributed by atoms with Crippen molar-refractivity contribution in [3.63, 3.8) is 0 Å². The van der Waals surface area contributed by atoms with Gasteiger partial charge in [0.2, 0.25) is 0 Å². The lowest BCUT2D eigenvalue weighted by atomic mass is 9.94. The minimum Gasteiger partial charge on any atom is -0.383 e. The molecule has 2 aliphatic heterocycles. The van der Waals surface area contributed by atoms with Crippen LogP contribution in [0.4, 0.5) is 0 Å². The zero-order chi connectivity index (χ0) is 17.3. The number of aliphatic imine (C=N–C) groups is 1. The van der Waals surface area contributed by atoms with Crippen molar-refractivity contribution in [3.05, 3.63) is 0 Å². The third kappa shape index (κ3) is 7.54. The molecule has 0 unspecified atom stereocenters. The summed E-state index contributed by atoms with van der Waals surface area (Å²) in [5.74, 6) is 0.869. The number of likely N-dealkylation sites (tertiary alicyclic amines) is 1. The number of piperidine rings is 1. The lowest BCUT2D eigenvalue weighted by molar-refractivity contribution is -0.0855. The van der Waals surface area contributed by atoms with Gasteiger partial charge < -0.3 is 29.7 Å². The van der Waals surface area contributed by atoms with Crippen LogP contribution in [0.3, 0.4) is 0 Å². The van der Waals surface area contributed by atoms with Crippen molar-refractivity contribution < 1.29 is 14.2 Å². The molecule has 2 fully saturated rings. The Morgan fingerprint density at radius 1 is 1.24 bits per heavy atom. The molecule has 2 rings (SSSR count). The zero-order valence-corrected chi connectivity index (χ0v) is 18.2. The van der Waals surface area contributed by atoms with E-state index in [1.807, 2.05) is 7.05 Å². The van der Waals surface area contributed by atoms with Crippen molar-refractivity contribution in [3.8, 4) is 0 Å². The second-order valence-electron chi connectivity index (χ2n) is 6.68. The molecule has 0 saturated carbocycles. The first kappa shape index (κ1) is 22.9. The number of nitrogens with one attached hydrogen (secondary N) is 2. The Balaban J connectivity index is 0.00000312. The fraction of sp³-hybridized carbons (Fsp3) is 0.941. The fourth-order valence-corrected chi connectivity index (χ4v) is 3.35. The molecule has 2 aliphatic rings. The number of nitrogens with zero attached hydrogens (tertiary/aromatic N) is 2. The van der Waals surface area contributed by atoms with E-state index in [9.17, 15) is 0 Å². The third-order valence-corrected chi connectivity index (χ3v) is 5.18. The van der Waals surface area contributed by atoms with E-state index in [0.29, 0.717) is 6.04 Å². The first-order valence-electron chi connectivity index (χ1n) is 9.03. The van der Waals surface area contributed by atoms with Gasteiger partial charge in [0.25, 0.3) is 0 Å². The van der Waals surface area contributed by atoms with Crippen LogP contribution in [0.2, 0.25) is 0 Å². The Kier molecular flexibility index (Phi) is 11.2. The molecule has 2 saturated heterocycles. The molecular formula is C17H35IN4O3. The van der Waals surface area contributed by atoms with Crippen LogP contribution in [0.1, 0.15) is 25.7 Å². The number of guanidine groups is 1. The van der Waals surface area contributed by atoms with E-state index < -0.39 is 0 Å². The van der Waals surface area contributed by atoms with Crippen molar-refractivity contribution in [2.75, 3.05) is 67.3 Å². The second kappa shape index (κ2) is 12.3. The van der Waals surface area contributed by atoms with Crippen LogP contribution in [0, 0.1) is 0 Å². The standard InChI is InChI=1S/C17H34N4O3.HI/c1-18-16(19-14-17(23-3)6-11-24-12-7-17)20-15-4-8-21(9-5-15)10-13-22-2;/h15H,4-14H2,1-3H3,(H2,18,19,20);1H. The average Bonchev–Trinajstić information content (AvgIpc) is 2.65. The Labute approximate surface area is 169 Å². The number of hydrogen-bond donors (Lipinski definition) is 2. The molecule has 148 valence electrons. The Hall–Kier alpha value is -0.160. The van der Waals surface area contributed by atoms with E-state index in [4.69, 9.17) is 14.2 Å². The summed E-state index contributed by atoms with van der Waals surface area (Å²) in [5.41, 5.74) is -0.139. The molecule has 0 aliphatic carbocycles. The molecular weight excluding hydrogens is 435 g/mol. The maximum absolute atomic E-state index is 5.77. The molecule has 0 aromatic rings. The summed E-state index contributed by atoms with van der Waals surface area (Å²) in [5, 5.41) is 7.01. The van der Waals surface area contributed by atoms with Gasteiger partial charge in [0.05, 0.1) is 12.2 Å². The molecule has 25 heavy (non-hydrogen) atoms. The van der Waals surface area contributed by atoms with Crippen molar-refractivity contribution in [2.24, 2.45) is 4.99 Å². The summed E-state index contributed by atoms with van der Waals surface area (Å²) in [6.45, 7) is 6.34. The molecule has 2 heterocycles. The van der Waals surface area contributed by atoms with E-state index in [1.54, 1.807) is 14.2 Å². The molecule has 0 aromatic carbocycles. The maximum Gasteiger partial charge on any atom is 0.191 e. The monoisotopic (exact) mass is 470 g/mol. The largest absolute Gasteiger partial charge is 0.383 e. The van der Waals surface area contributed by atoms with Crippen LogP contribution < -0.4 is 10.6 Å². The summed E-state index contributed by atoms with van der Waals surface area (Å²) in [7, 11) is 5.38. The van der Waals surface area contributed by atoms with Gasteiger partial charge in [-0.2, -0.15) is 0 Å². The highest BCUT2D eigenvalue weighted by Gasteiger charge is 2.32. The normalized spacial score (nSPS) is 22.3. The topological polar surface area (TPSA) is 67.4 Å². The molecule has 7 nitrogen and oxygen atoms in total. The predicted octanol–water partition coefficient (Wildman–Crippen LogP) is 1.08. The average molecular weight is 470 g/mol. The first-order valence-corrected chi connectivity index (χ1v) is 9.03. The summed E-state index contributed by atoms with van der Waals surface area (Å²) in [6.07, 6.45) is 4.11. The van der Waals surface area contributed by atoms with E-state index >= 15 is 0 Å². The zero-order valence-electron chi connectivity index (χ0n) is 15.9. The summed E-state index contributed by atoms with van der Waals surface area (Å²) < 4.78 is 16.4. The number of rotatable bonds is 7. The van der Waals surface area contributed by atoms with Gasteiger partial charge >= 0.3 is 0 Å². The highest BCUT2D eigenvalue weighted by molar-refractivity contribution is 14.0. The minimum atomic E-state index is -0.139. The molecule has 8 heteroatoms. The quantitative estimate of drug-likeness (QED) is 0.330. The molecule has 0 amide bonds.